The minimum absolute atomic E-state index is 0.154. The summed E-state index contributed by atoms with van der Waals surface area (Å²) in [5, 5.41) is 21.5. The lowest BCUT2D eigenvalue weighted by molar-refractivity contribution is 0.0692. The lowest BCUT2D eigenvalue weighted by atomic mass is 10.2. The number of hydrogen-bond donors (Lipinski definition) is 2. The number of nitrogens with one attached hydrogen (secondary N) is 1. The maximum Gasteiger partial charge on any atom is 0.360 e. The molecule has 0 aliphatic rings. The molecule has 1 aromatic carbocycles. The highest BCUT2D eigenvalue weighted by molar-refractivity contribution is 6.30. The fraction of sp³-hybridized carbons (Fsp3) is 0.0625. The molecule has 124 valence electrons. The van der Waals surface area contributed by atoms with E-state index in [-0.39, 0.29) is 11.3 Å². The Hall–Kier alpha value is -3.26. The first-order valence-electron chi connectivity index (χ1n) is 7.34. The Labute approximate surface area is 146 Å². The molecule has 0 radical (unpaired) electrons. The van der Waals surface area contributed by atoms with E-state index in [1.165, 1.54) is 4.52 Å². The molecule has 0 aliphatic heterocycles. The van der Waals surface area contributed by atoms with E-state index in [1.54, 1.807) is 24.5 Å². The van der Waals surface area contributed by atoms with Crippen LogP contribution in [0.4, 0.5) is 5.82 Å². The number of halogens is 1. The van der Waals surface area contributed by atoms with Crippen molar-refractivity contribution in [2.75, 3.05) is 5.32 Å². The van der Waals surface area contributed by atoms with Crippen LogP contribution in [0.25, 0.3) is 16.6 Å². The van der Waals surface area contributed by atoms with Crippen LogP contribution in [0.5, 0.6) is 0 Å². The predicted molar refractivity (Wildman–Crippen MR) is 91.8 cm³/mol. The molecule has 0 fully saturated rings. The van der Waals surface area contributed by atoms with Crippen LogP contribution in [0.1, 0.15) is 16.1 Å². The van der Waals surface area contributed by atoms with Gasteiger partial charge in [0.05, 0.1) is 11.7 Å². The molecule has 0 amide bonds. The van der Waals surface area contributed by atoms with Crippen LogP contribution in [0.3, 0.4) is 0 Å². The third-order valence-corrected chi connectivity index (χ3v) is 3.93. The normalized spacial score (nSPS) is 11.1. The molecule has 4 aromatic rings. The molecular formula is C16H11ClN6O2. The van der Waals surface area contributed by atoms with Crippen LogP contribution in [0, 0.1) is 0 Å². The number of hydrogen-bond acceptors (Lipinski definition) is 6. The second-order valence-electron chi connectivity index (χ2n) is 5.32. The minimum atomic E-state index is -1.19. The molecule has 4 rings (SSSR count). The number of pyridine rings is 1. The van der Waals surface area contributed by atoms with Gasteiger partial charge in [-0.2, -0.15) is 4.52 Å². The van der Waals surface area contributed by atoms with E-state index in [1.807, 2.05) is 18.2 Å². The second kappa shape index (κ2) is 5.99. The number of nitrogens with zero attached hydrogens (tertiary/aromatic N) is 5. The van der Waals surface area contributed by atoms with Crippen molar-refractivity contribution in [3.05, 3.63) is 59.0 Å². The van der Waals surface area contributed by atoms with Gasteiger partial charge < -0.3 is 10.4 Å². The zero-order valence-electron chi connectivity index (χ0n) is 12.7. The molecule has 0 bridgehead atoms. The van der Waals surface area contributed by atoms with Gasteiger partial charge in [0.15, 0.2) is 5.65 Å². The van der Waals surface area contributed by atoms with Crippen LogP contribution in [0.15, 0.2) is 42.7 Å². The lowest BCUT2D eigenvalue weighted by Crippen LogP contribution is -2.06. The Kier molecular flexibility index (Phi) is 3.66. The molecule has 8 nitrogen and oxygen atoms in total. The number of benzene rings is 1. The highest BCUT2D eigenvalue weighted by atomic mass is 35.5. The number of rotatable bonds is 4. The number of carboxylic acid groups (broad SMARTS) is 1. The van der Waals surface area contributed by atoms with Crippen molar-refractivity contribution < 1.29 is 9.90 Å². The van der Waals surface area contributed by atoms with Crippen LogP contribution >= 0.6 is 11.6 Å². The van der Waals surface area contributed by atoms with E-state index in [0.29, 0.717) is 22.9 Å². The van der Waals surface area contributed by atoms with Gasteiger partial charge >= 0.3 is 5.97 Å². The third-order valence-electron chi connectivity index (χ3n) is 3.70. The zero-order chi connectivity index (χ0) is 17.4. The molecular weight excluding hydrogens is 344 g/mol. The summed E-state index contributed by atoms with van der Waals surface area (Å²) < 4.78 is 1.37. The number of carbonyl (C=O) groups is 1. The number of aromatic nitrogens is 5. The highest BCUT2D eigenvalue weighted by Gasteiger charge is 2.18. The Bertz CT molecular complexity index is 1110. The van der Waals surface area contributed by atoms with Crippen molar-refractivity contribution in [2.24, 2.45) is 0 Å². The highest BCUT2D eigenvalue weighted by Crippen LogP contribution is 2.23. The third kappa shape index (κ3) is 2.72. The summed E-state index contributed by atoms with van der Waals surface area (Å²) in [5.74, 6) is -0.666. The average molecular weight is 355 g/mol. The Morgan fingerprint density at radius 2 is 2.20 bits per heavy atom. The van der Waals surface area contributed by atoms with Crippen LogP contribution in [-0.4, -0.2) is 35.9 Å². The zero-order valence-corrected chi connectivity index (χ0v) is 13.5. The van der Waals surface area contributed by atoms with Gasteiger partial charge in [0.1, 0.15) is 5.82 Å². The van der Waals surface area contributed by atoms with E-state index in [2.05, 4.69) is 25.6 Å². The molecule has 0 spiro atoms. The van der Waals surface area contributed by atoms with Gasteiger partial charge in [0.25, 0.3) is 0 Å². The lowest BCUT2D eigenvalue weighted by Gasteiger charge is -2.10. The monoisotopic (exact) mass is 354 g/mol. The van der Waals surface area contributed by atoms with Crippen molar-refractivity contribution >= 4 is 39.9 Å². The van der Waals surface area contributed by atoms with Crippen molar-refractivity contribution in [1.82, 2.24) is 24.8 Å². The molecule has 2 N–H and O–H groups in total. The number of carboxylic acids is 1. The fourth-order valence-corrected chi connectivity index (χ4v) is 2.78. The summed E-state index contributed by atoms with van der Waals surface area (Å²) in [4.78, 5) is 19.8. The first-order valence-corrected chi connectivity index (χ1v) is 7.72. The first kappa shape index (κ1) is 15.3. The van der Waals surface area contributed by atoms with Crippen LogP contribution < -0.4 is 5.32 Å². The maximum atomic E-state index is 11.3. The molecule has 0 saturated heterocycles. The Morgan fingerprint density at radius 1 is 1.32 bits per heavy atom. The topological polar surface area (TPSA) is 105 Å². The molecule has 9 heteroatoms. The SMILES string of the molecule is O=C(O)c1nnn2c1nc(NCc1cccc(Cl)c1)c1ccncc12. The summed E-state index contributed by atoms with van der Waals surface area (Å²) in [6.45, 7) is 0.477. The molecule has 3 heterocycles. The fourth-order valence-electron chi connectivity index (χ4n) is 2.57. The molecule has 0 unspecified atom stereocenters. The number of aromatic carboxylic acids is 1. The van der Waals surface area contributed by atoms with Gasteiger partial charge in [-0.1, -0.05) is 28.9 Å². The van der Waals surface area contributed by atoms with Crippen molar-refractivity contribution in [3.63, 3.8) is 0 Å². The summed E-state index contributed by atoms with van der Waals surface area (Å²) >= 11 is 6.00. The summed E-state index contributed by atoms with van der Waals surface area (Å²) in [7, 11) is 0. The standard InChI is InChI=1S/C16H11ClN6O2/c17-10-3-1-2-9(6-10)7-19-14-11-4-5-18-8-12(11)23-15(20-14)13(16(24)25)21-22-23/h1-6,8H,7H2,(H,19,20)(H,24,25). The van der Waals surface area contributed by atoms with Gasteiger partial charge in [0.2, 0.25) is 5.69 Å². The van der Waals surface area contributed by atoms with Crippen molar-refractivity contribution in [2.45, 2.75) is 6.54 Å². The summed E-state index contributed by atoms with van der Waals surface area (Å²) in [6, 6.07) is 9.23. The first-order chi connectivity index (χ1) is 12.1. The summed E-state index contributed by atoms with van der Waals surface area (Å²) in [6.07, 6.45) is 3.23. The smallest absolute Gasteiger partial charge is 0.360 e. The van der Waals surface area contributed by atoms with Gasteiger partial charge in [-0.25, -0.2) is 9.78 Å². The van der Waals surface area contributed by atoms with Gasteiger partial charge in [0, 0.05) is 23.2 Å². The summed E-state index contributed by atoms with van der Waals surface area (Å²) in [5.41, 5.74) is 1.53. The van der Waals surface area contributed by atoms with Gasteiger partial charge in [-0.05, 0) is 23.8 Å². The minimum Gasteiger partial charge on any atom is -0.476 e. The largest absolute Gasteiger partial charge is 0.476 e. The van der Waals surface area contributed by atoms with E-state index < -0.39 is 5.97 Å². The molecule has 0 saturated carbocycles. The van der Waals surface area contributed by atoms with Crippen LogP contribution in [-0.2, 0) is 6.54 Å². The van der Waals surface area contributed by atoms with E-state index >= 15 is 0 Å². The van der Waals surface area contributed by atoms with E-state index in [0.717, 1.165) is 10.9 Å². The Morgan fingerprint density at radius 3 is 3.00 bits per heavy atom. The van der Waals surface area contributed by atoms with E-state index in [4.69, 9.17) is 11.6 Å². The molecule has 3 aromatic heterocycles. The van der Waals surface area contributed by atoms with Crippen LogP contribution in [0.2, 0.25) is 5.02 Å². The maximum absolute atomic E-state index is 11.3. The second-order valence-corrected chi connectivity index (χ2v) is 5.75. The predicted octanol–water partition coefficient (Wildman–Crippen LogP) is 2.64. The van der Waals surface area contributed by atoms with Crippen molar-refractivity contribution in [1.29, 1.82) is 0 Å². The number of fused-ring (bicyclic) bond motifs is 3. The number of anilines is 1. The average Bonchev–Trinajstić information content (AvgIpc) is 3.04. The molecule has 0 aliphatic carbocycles. The molecule has 25 heavy (non-hydrogen) atoms. The van der Waals surface area contributed by atoms with E-state index in [9.17, 15) is 9.90 Å². The van der Waals surface area contributed by atoms with Gasteiger partial charge in [-0.3, -0.25) is 4.98 Å². The van der Waals surface area contributed by atoms with Gasteiger partial charge in [-0.15, -0.1) is 5.10 Å². The Balaban J connectivity index is 1.83. The molecule has 0 atom stereocenters. The quantitative estimate of drug-likeness (QED) is 0.580. The van der Waals surface area contributed by atoms with Crippen molar-refractivity contribution in [3.8, 4) is 0 Å².